The van der Waals surface area contributed by atoms with Crippen LogP contribution >= 0.6 is 0 Å². The predicted octanol–water partition coefficient (Wildman–Crippen LogP) is 3.81. The van der Waals surface area contributed by atoms with Crippen molar-refractivity contribution in [3.8, 4) is 5.75 Å². The first-order chi connectivity index (χ1) is 10.1. The topological polar surface area (TPSA) is 64.4 Å². The van der Waals surface area contributed by atoms with Crippen molar-refractivity contribution in [1.82, 2.24) is 4.98 Å². The second-order valence-corrected chi connectivity index (χ2v) is 4.68. The first kappa shape index (κ1) is 13.2. The van der Waals surface area contributed by atoms with Crippen molar-refractivity contribution < 1.29 is 13.9 Å². The van der Waals surface area contributed by atoms with Crippen LogP contribution in [-0.2, 0) is 4.79 Å². The van der Waals surface area contributed by atoms with E-state index in [1.54, 1.807) is 18.2 Å². The molecule has 0 aliphatic rings. The molecule has 3 rings (SSSR count). The van der Waals surface area contributed by atoms with Gasteiger partial charge in [0.2, 0.25) is 0 Å². The zero-order valence-corrected chi connectivity index (χ0v) is 11.7. The van der Waals surface area contributed by atoms with Gasteiger partial charge in [-0.15, -0.1) is 0 Å². The van der Waals surface area contributed by atoms with E-state index in [-0.39, 0.29) is 5.97 Å². The van der Waals surface area contributed by atoms with Crippen LogP contribution in [-0.4, -0.2) is 11.0 Å². The number of ether oxygens (including phenoxy) is 1. The number of carbonyl (C=O) groups is 1. The molecule has 1 N–H and O–H groups in total. The summed E-state index contributed by atoms with van der Waals surface area (Å²) in [4.78, 5) is 15.3. The number of rotatable bonds is 3. The summed E-state index contributed by atoms with van der Waals surface area (Å²) in [6, 6.07) is 13.4. The Balaban J connectivity index is 1.90. The number of aryl methyl sites for hydroxylation is 1. The van der Waals surface area contributed by atoms with Gasteiger partial charge >= 0.3 is 5.97 Å². The summed E-state index contributed by atoms with van der Waals surface area (Å²) in [6.07, 6.45) is 0. The van der Waals surface area contributed by atoms with Crippen molar-refractivity contribution in [2.24, 2.45) is 0 Å². The maximum atomic E-state index is 11.0. The van der Waals surface area contributed by atoms with Crippen molar-refractivity contribution in [2.75, 3.05) is 5.32 Å². The van der Waals surface area contributed by atoms with Crippen LogP contribution in [0.2, 0.25) is 0 Å². The number of hydrogen-bond donors (Lipinski definition) is 1. The van der Waals surface area contributed by atoms with Crippen LogP contribution in [0.3, 0.4) is 0 Å². The molecule has 2 aromatic carbocycles. The minimum atomic E-state index is -0.368. The van der Waals surface area contributed by atoms with Crippen LogP contribution in [0.4, 0.5) is 11.7 Å². The highest BCUT2D eigenvalue weighted by atomic mass is 16.5. The Kier molecular flexibility index (Phi) is 3.31. The lowest BCUT2D eigenvalue weighted by molar-refractivity contribution is -0.131. The third-order valence-corrected chi connectivity index (χ3v) is 3.01. The fraction of sp³-hybridized carbons (Fsp3) is 0.125. The standard InChI is InChI=1S/C16H14N2O3/c1-10-5-3-4-6-13(10)17-16-18-14-8-7-12(20-11(2)19)9-15(14)21-16/h3-9H,1-2H3,(H,17,18). The Morgan fingerprint density at radius 3 is 2.81 bits per heavy atom. The highest BCUT2D eigenvalue weighted by Gasteiger charge is 2.09. The van der Waals surface area contributed by atoms with Gasteiger partial charge in [0.15, 0.2) is 5.58 Å². The Hall–Kier alpha value is -2.82. The molecule has 5 nitrogen and oxygen atoms in total. The van der Waals surface area contributed by atoms with Crippen molar-refractivity contribution in [3.63, 3.8) is 0 Å². The van der Waals surface area contributed by atoms with E-state index in [9.17, 15) is 4.79 Å². The normalized spacial score (nSPS) is 10.6. The fourth-order valence-corrected chi connectivity index (χ4v) is 2.02. The maximum absolute atomic E-state index is 11.0. The van der Waals surface area contributed by atoms with Gasteiger partial charge in [-0.25, -0.2) is 0 Å². The van der Waals surface area contributed by atoms with Gasteiger partial charge in [-0.3, -0.25) is 4.79 Å². The molecule has 1 aromatic heterocycles. The highest BCUT2D eigenvalue weighted by Crippen LogP contribution is 2.26. The molecular weight excluding hydrogens is 268 g/mol. The largest absolute Gasteiger partial charge is 0.427 e. The average molecular weight is 282 g/mol. The lowest BCUT2D eigenvalue weighted by atomic mass is 10.2. The molecule has 0 saturated heterocycles. The molecule has 0 fully saturated rings. The zero-order valence-electron chi connectivity index (χ0n) is 11.7. The van der Waals surface area contributed by atoms with Gasteiger partial charge in [0, 0.05) is 18.7 Å². The summed E-state index contributed by atoms with van der Waals surface area (Å²) in [6.45, 7) is 3.36. The van der Waals surface area contributed by atoms with E-state index in [0.717, 1.165) is 11.3 Å². The van der Waals surface area contributed by atoms with E-state index in [0.29, 0.717) is 22.9 Å². The Labute approximate surface area is 121 Å². The summed E-state index contributed by atoms with van der Waals surface area (Å²) >= 11 is 0. The van der Waals surface area contributed by atoms with Crippen LogP contribution < -0.4 is 10.1 Å². The Bertz CT molecular complexity index is 808. The number of oxazole rings is 1. The first-order valence-corrected chi connectivity index (χ1v) is 6.53. The van der Waals surface area contributed by atoms with Crippen LogP contribution in [0.1, 0.15) is 12.5 Å². The number of hydrogen-bond acceptors (Lipinski definition) is 5. The molecule has 0 amide bonds. The van der Waals surface area contributed by atoms with Gasteiger partial charge in [-0.05, 0) is 30.7 Å². The van der Waals surface area contributed by atoms with E-state index in [4.69, 9.17) is 9.15 Å². The molecule has 3 aromatic rings. The smallest absolute Gasteiger partial charge is 0.308 e. The molecule has 0 spiro atoms. The predicted molar refractivity (Wildman–Crippen MR) is 79.8 cm³/mol. The average Bonchev–Trinajstić information content (AvgIpc) is 2.82. The molecule has 0 bridgehead atoms. The van der Waals surface area contributed by atoms with Crippen LogP contribution in [0.5, 0.6) is 5.75 Å². The molecule has 1 heterocycles. The summed E-state index contributed by atoms with van der Waals surface area (Å²) in [5, 5.41) is 3.14. The third kappa shape index (κ3) is 2.86. The van der Waals surface area contributed by atoms with Crippen LogP contribution in [0, 0.1) is 6.92 Å². The SMILES string of the molecule is CC(=O)Oc1ccc2nc(Nc3ccccc3C)oc2c1. The number of nitrogens with zero attached hydrogens (tertiary/aromatic N) is 1. The number of para-hydroxylation sites is 1. The van der Waals surface area contributed by atoms with Gasteiger partial charge in [0.25, 0.3) is 6.01 Å². The van der Waals surface area contributed by atoms with Crippen LogP contribution in [0.15, 0.2) is 46.9 Å². The molecule has 106 valence electrons. The van der Waals surface area contributed by atoms with E-state index < -0.39 is 0 Å². The Morgan fingerprint density at radius 1 is 1.24 bits per heavy atom. The molecule has 0 saturated carbocycles. The molecule has 0 atom stereocenters. The number of aromatic nitrogens is 1. The molecule has 21 heavy (non-hydrogen) atoms. The van der Waals surface area contributed by atoms with Crippen molar-refractivity contribution in [2.45, 2.75) is 13.8 Å². The minimum absolute atomic E-state index is 0.368. The van der Waals surface area contributed by atoms with E-state index in [2.05, 4.69) is 10.3 Å². The Morgan fingerprint density at radius 2 is 2.05 bits per heavy atom. The number of nitrogens with one attached hydrogen (secondary N) is 1. The number of carbonyl (C=O) groups excluding carboxylic acids is 1. The fourth-order valence-electron chi connectivity index (χ4n) is 2.02. The van der Waals surface area contributed by atoms with Crippen molar-refractivity contribution in [1.29, 1.82) is 0 Å². The van der Waals surface area contributed by atoms with Crippen LogP contribution in [0.25, 0.3) is 11.1 Å². The molecule has 0 aliphatic heterocycles. The van der Waals surface area contributed by atoms with Crippen molar-refractivity contribution >= 4 is 28.8 Å². The second kappa shape index (κ2) is 5.28. The minimum Gasteiger partial charge on any atom is -0.427 e. The lowest BCUT2D eigenvalue weighted by Gasteiger charge is -2.04. The van der Waals surface area contributed by atoms with E-state index in [1.807, 2.05) is 31.2 Å². The van der Waals surface area contributed by atoms with Gasteiger partial charge in [0.05, 0.1) is 0 Å². The monoisotopic (exact) mass is 282 g/mol. The van der Waals surface area contributed by atoms with Gasteiger partial charge < -0.3 is 14.5 Å². The molecule has 0 radical (unpaired) electrons. The summed E-state index contributed by atoms with van der Waals surface area (Å²) in [5.41, 5.74) is 3.29. The number of esters is 1. The zero-order chi connectivity index (χ0) is 14.8. The number of fused-ring (bicyclic) bond motifs is 1. The number of benzene rings is 2. The maximum Gasteiger partial charge on any atom is 0.308 e. The highest BCUT2D eigenvalue weighted by molar-refractivity contribution is 5.78. The quantitative estimate of drug-likeness (QED) is 0.584. The molecule has 0 aliphatic carbocycles. The van der Waals surface area contributed by atoms with E-state index >= 15 is 0 Å². The summed E-state index contributed by atoms with van der Waals surface area (Å²) < 4.78 is 10.7. The summed E-state index contributed by atoms with van der Waals surface area (Å²) in [7, 11) is 0. The molecule has 5 heteroatoms. The molecule has 0 unspecified atom stereocenters. The number of anilines is 2. The summed E-state index contributed by atoms with van der Waals surface area (Å²) in [5.74, 6) is 0.0701. The van der Waals surface area contributed by atoms with E-state index in [1.165, 1.54) is 6.92 Å². The first-order valence-electron chi connectivity index (χ1n) is 6.53. The van der Waals surface area contributed by atoms with Gasteiger partial charge in [-0.1, -0.05) is 18.2 Å². The van der Waals surface area contributed by atoms with Crippen molar-refractivity contribution in [3.05, 3.63) is 48.0 Å². The third-order valence-electron chi connectivity index (χ3n) is 3.01. The second-order valence-electron chi connectivity index (χ2n) is 4.68. The van der Waals surface area contributed by atoms with Gasteiger partial charge in [0.1, 0.15) is 11.3 Å². The van der Waals surface area contributed by atoms with Gasteiger partial charge in [-0.2, -0.15) is 4.98 Å². The molecular formula is C16H14N2O3. The lowest BCUT2D eigenvalue weighted by Crippen LogP contribution is -2.00.